The van der Waals surface area contributed by atoms with Crippen molar-refractivity contribution in [3.8, 4) is 0 Å². The maximum Gasteiger partial charge on any atom is 0.326 e. The highest BCUT2D eigenvalue weighted by Crippen LogP contribution is 2.33. The summed E-state index contributed by atoms with van der Waals surface area (Å²) in [4.78, 5) is 23.5. The minimum atomic E-state index is -0.960. The first-order chi connectivity index (χ1) is 9.49. The lowest BCUT2D eigenvalue weighted by Crippen LogP contribution is -2.43. The van der Waals surface area contributed by atoms with Crippen LogP contribution in [0.25, 0.3) is 0 Å². The molecule has 0 saturated heterocycles. The van der Waals surface area contributed by atoms with Gasteiger partial charge in [0.25, 0.3) is 0 Å². The lowest BCUT2D eigenvalue weighted by atomic mass is 9.98. The number of benzene rings is 1. The summed E-state index contributed by atoms with van der Waals surface area (Å²) in [7, 11) is 0. The van der Waals surface area contributed by atoms with E-state index < -0.39 is 12.0 Å². The van der Waals surface area contributed by atoms with Crippen LogP contribution < -0.4 is 5.32 Å². The molecular formula is C16H21NO3. The van der Waals surface area contributed by atoms with Crippen molar-refractivity contribution in [2.45, 2.75) is 45.1 Å². The molecule has 0 saturated carbocycles. The molecule has 0 spiro atoms. The molecule has 1 aromatic carbocycles. The van der Waals surface area contributed by atoms with Gasteiger partial charge < -0.3 is 10.4 Å². The summed E-state index contributed by atoms with van der Waals surface area (Å²) in [5, 5.41) is 11.9. The number of nitrogens with one attached hydrogen (secondary N) is 1. The molecule has 1 aliphatic carbocycles. The molecule has 0 radical (unpaired) electrons. The number of carboxylic acid groups (broad SMARTS) is 1. The molecule has 108 valence electrons. The average molecular weight is 275 g/mol. The number of aliphatic carboxylic acids is 1. The fraction of sp³-hybridized carbons (Fsp3) is 0.500. The third-order valence-electron chi connectivity index (χ3n) is 3.77. The predicted octanol–water partition coefficient (Wildman–Crippen LogP) is 2.33. The molecule has 0 heterocycles. The molecule has 4 heteroatoms. The Morgan fingerprint density at radius 2 is 2.05 bits per heavy atom. The monoisotopic (exact) mass is 275 g/mol. The first-order valence-corrected chi connectivity index (χ1v) is 7.10. The van der Waals surface area contributed by atoms with Crippen molar-refractivity contribution in [3.63, 3.8) is 0 Å². The molecule has 4 nitrogen and oxygen atoms in total. The summed E-state index contributed by atoms with van der Waals surface area (Å²) in [5.41, 5.74) is 2.24. The SMILES string of the molecule is CC(C)C[C@H](NC(=O)C1CCc2ccccc21)C(=O)O. The normalized spacial score (nSPS) is 18.6. The van der Waals surface area contributed by atoms with Gasteiger partial charge in [-0.1, -0.05) is 38.1 Å². The number of carbonyl (C=O) groups is 2. The van der Waals surface area contributed by atoms with Crippen LogP contribution in [-0.2, 0) is 16.0 Å². The highest BCUT2D eigenvalue weighted by atomic mass is 16.4. The summed E-state index contributed by atoms with van der Waals surface area (Å²) in [6, 6.07) is 7.09. The van der Waals surface area contributed by atoms with Crippen LogP contribution in [-0.4, -0.2) is 23.0 Å². The van der Waals surface area contributed by atoms with Crippen molar-refractivity contribution < 1.29 is 14.7 Å². The van der Waals surface area contributed by atoms with Gasteiger partial charge in [0, 0.05) is 0 Å². The number of amides is 1. The largest absolute Gasteiger partial charge is 0.480 e. The van der Waals surface area contributed by atoms with E-state index in [1.54, 1.807) is 0 Å². The number of rotatable bonds is 5. The molecule has 2 N–H and O–H groups in total. The Bertz CT molecular complexity index is 510. The summed E-state index contributed by atoms with van der Waals surface area (Å²) in [6.07, 6.45) is 2.10. The van der Waals surface area contributed by atoms with Crippen LogP contribution in [0.4, 0.5) is 0 Å². The van der Waals surface area contributed by atoms with E-state index in [9.17, 15) is 14.7 Å². The zero-order chi connectivity index (χ0) is 14.7. The maximum atomic E-state index is 12.3. The smallest absolute Gasteiger partial charge is 0.326 e. The van der Waals surface area contributed by atoms with Gasteiger partial charge in [0.05, 0.1) is 5.92 Å². The van der Waals surface area contributed by atoms with Crippen molar-refractivity contribution in [2.75, 3.05) is 0 Å². The van der Waals surface area contributed by atoms with Crippen LogP contribution in [0.15, 0.2) is 24.3 Å². The van der Waals surface area contributed by atoms with E-state index in [1.807, 2.05) is 38.1 Å². The van der Waals surface area contributed by atoms with Gasteiger partial charge in [-0.3, -0.25) is 4.79 Å². The highest BCUT2D eigenvalue weighted by Gasteiger charge is 2.31. The topological polar surface area (TPSA) is 66.4 Å². The second kappa shape index (κ2) is 6.07. The zero-order valence-electron chi connectivity index (χ0n) is 11.9. The van der Waals surface area contributed by atoms with E-state index in [4.69, 9.17) is 0 Å². The number of carboxylic acids is 1. The number of carbonyl (C=O) groups excluding carboxylic acids is 1. The zero-order valence-corrected chi connectivity index (χ0v) is 11.9. The summed E-state index contributed by atoms with van der Waals surface area (Å²) in [5.74, 6) is -1.10. The van der Waals surface area contributed by atoms with Gasteiger partial charge >= 0.3 is 5.97 Å². The number of hydrogen-bond acceptors (Lipinski definition) is 2. The van der Waals surface area contributed by atoms with Gasteiger partial charge in [-0.15, -0.1) is 0 Å². The van der Waals surface area contributed by atoms with Crippen LogP contribution in [0.3, 0.4) is 0 Å². The van der Waals surface area contributed by atoms with E-state index in [1.165, 1.54) is 5.56 Å². The van der Waals surface area contributed by atoms with E-state index in [0.717, 1.165) is 18.4 Å². The predicted molar refractivity (Wildman–Crippen MR) is 76.5 cm³/mol. The minimum absolute atomic E-state index is 0.164. The molecule has 20 heavy (non-hydrogen) atoms. The summed E-state index contributed by atoms with van der Waals surface area (Å²) < 4.78 is 0. The molecule has 0 bridgehead atoms. The first-order valence-electron chi connectivity index (χ1n) is 7.10. The van der Waals surface area contributed by atoms with Crippen LogP contribution in [0.2, 0.25) is 0 Å². The van der Waals surface area contributed by atoms with Crippen molar-refractivity contribution in [1.29, 1.82) is 0 Å². The molecule has 0 aliphatic heterocycles. The lowest BCUT2D eigenvalue weighted by Gasteiger charge is -2.19. The molecule has 0 fully saturated rings. The summed E-state index contributed by atoms with van der Waals surface area (Å²) >= 11 is 0. The van der Waals surface area contributed by atoms with Gasteiger partial charge in [-0.2, -0.15) is 0 Å². The van der Waals surface area contributed by atoms with E-state index in [2.05, 4.69) is 5.32 Å². The van der Waals surface area contributed by atoms with Crippen LogP contribution >= 0.6 is 0 Å². The Kier molecular flexibility index (Phi) is 4.42. The average Bonchev–Trinajstić information content (AvgIpc) is 2.81. The Hall–Kier alpha value is -1.84. The van der Waals surface area contributed by atoms with Gasteiger partial charge in [0.2, 0.25) is 5.91 Å². The fourth-order valence-electron chi connectivity index (χ4n) is 2.79. The van der Waals surface area contributed by atoms with E-state index in [-0.39, 0.29) is 17.7 Å². The molecule has 1 amide bonds. The van der Waals surface area contributed by atoms with Gasteiger partial charge in [-0.05, 0) is 36.3 Å². The number of aryl methyl sites for hydroxylation is 1. The molecule has 2 rings (SSSR count). The molecule has 1 aliphatic rings. The minimum Gasteiger partial charge on any atom is -0.480 e. The number of fused-ring (bicyclic) bond motifs is 1. The summed E-state index contributed by atoms with van der Waals surface area (Å²) in [6.45, 7) is 3.90. The standard InChI is InChI=1S/C16H21NO3/c1-10(2)9-14(16(19)20)17-15(18)13-8-7-11-5-3-4-6-12(11)13/h3-6,10,13-14H,7-9H2,1-2H3,(H,17,18)(H,19,20)/t13?,14-/m0/s1. The Morgan fingerprint density at radius 1 is 1.35 bits per heavy atom. The number of hydrogen-bond donors (Lipinski definition) is 2. The van der Waals surface area contributed by atoms with Crippen LogP contribution in [0.1, 0.15) is 43.7 Å². The second-order valence-corrected chi connectivity index (χ2v) is 5.82. The molecule has 1 aromatic rings. The van der Waals surface area contributed by atoms with Crippen molar-refractivity contribution in [3.05, 3.63) is 35.4 Å². The quantitative estimate of drug-likeness (QED) is 0.866. The van der Waals surface area contributed by atoms with E-state index >= 15 is 0 Å². The third kappa shape index (κ3) is 3.18. The Labute approximate surface area is 119 Å². The van der Waals surface area contributed by atoms with Crippen molar-refractivity contribution >= 4 is 11.9 Å². The van der Waals surface area contributed by atoms with E-state index in [0.29, 0.717) is 6.42 Å². The highest BCUT2D eigenvalue weighted by molar-refractivity contribution is 5.89. The first kappa shape index (κ1) is 14.6. The third-order valence-corrected chi connectivity index (χ3v) is 3.77. The fourth-order valence-corrected chi connectivity index (χ4v) is 2.79. The van der Waals surface area contributed by atoms with Gasteiger partial charge in [-0.25, -0.2) is 4.79 Å². The maximum absolute atomic E-state index is 12.3. The van der Waals surface area contributed by atoms with Gasteiger partial charge in [0.1, 0.15) is 6.04 Å². The van der Waals surface area contributed by atoms with Crippen molar-refractivity contribution in [1.82, 2.24) is 5.32 Å². The molecular weight excluding hydrogens is 254 g/mol. The lowest BCUT2D eigenvalue weighted by molar-refractivity contribution is -0.142. The van der Waals surface area contributed by atoms with Crippen LogP contribution in [0, 0.1) is 5.92 Å². The Morgan fingerprint density at radius 3 is 2.70 bits per heavy atom. The molecule has 0 aromatic heterocycles. The second-order valence-electron chi connectivity index (χ2n) is 5.82. The van der Waals surface area contributed by atoms with Crippen LogP contribution in [0.5, 0.6) is 0 Å². The van der Waals surface area contributed by atoms with Gasteiger partial charge in [0.15, 0.2) is 0 Å². The Balaban J connectivity index is 2.07. The molecule has 2 atom stereocenters. The van der Waals surface area contributed by atoms with Crippen molar-refractivity contribution in [2.24, 2.45) is 5.92 Å². The molecule has 1 unspecified atom stereocenters.